The Hall–Kier alpha value is -1.11. The zero-order valence-corrected chi connectivity index (χ0v) is 28.6. The summed E-state index contributed by atoms with van der Waals surface area (Å²) in [6.45, 7) is 18.9. The molecule has 0 spiro atoms. The third-order valence-electron chi connectivity index (χ3n) is 8.77. The fourth-order valence-corrected chi connectivity index (χ4v) is 6.52. The van der Waals surface area contributed by atoms with Crippen molar-refractivity contribution in [3.8, 4) is 0 Å². The van der Waals surface area contributed by atoms with E-state index in [1.54, 1.807) is 17.3 Å². The molecule has 0 bridgehead atoms. The molecular formula is C34H59ClN4S. The summed E-state index contributed by atoms with van der Waals surface area (Å²) >= 11 is 7.80. The van der Waals surface area contributed by atoms with E-state index in [0.29, 0.717) is 18.5 Å². The molecule has 3 atom stereocenters. The first-order valence-corrected chi connectivity index (χ1v) is 17.1. The standard InChI is InChI=1S/C34H59ClN4S/c1-10-14-16-29(15-11-2)33(5,6)28(12-3)25-34(7,32(13-4)38-22-21-36)39(8)24-23-37-31(26-40-9)27-17-19-30(35)20-18-27/h15,17-20,23,26,28,32,38H,10-14,16,21-22,24-25,36H2,1-9H3/b29-15+,31-26-,37-23?/t28-,32-,34+/m0/s1. The van der Waals surface area contributed by atoms with Gasteiger partial charge in [-0.25, -0.2) is 0 Å². The summed E-state index contributed by atoms with van der Waals surface area (Å²) in [6, 6.07) is 8.24. The van der Waals surface area contributed by atoms with Gasteiger partial charge in [0, 0.05) is 48.0 Å². The molecule has 6 heteroatoms. The van der Waals surface area contributed by atoms with Crippen molar-refractivity contribution in [1.82, 2.24) is 10.2 Å². The molecule has 0 radical (unpaired) electrons. The lowest BCUT2D eigenvalue weighted by atomic mass is 9.64. The van der Waals surface area contributed by atoms with E-state index in [0.717, 1.165) is 55.1 Å². The van der Waals surface area contributed by atoms with Gasteiger partial charge in [-0.2, -0.15) is 0 Å². The maximum atomic E-state index is 6.13. The molecule has 0 aliphatic heterocycles. The molecule has 3 N–H and O–H groups in total. The van der Waals surface area contributed by atoms with Crippen LogP contribution in [0.25, 0.3) is 5.70 Å². The van der Waals surface area contributed by atoms with Crippen LogP contribution in [0.4, 0.5) is 0 Å². The van der Waals surface area contributed by atoms with Crippen LogP contribution in [0.5, 0.6) is 0 Å². The number of likely N-dealkylation sites (N-methyl/N-ethyl adjacent to an activating group) is 1. The second-order valence-electron chi connectivity index (χ2n) is 11.8. The minimum absolute atomic E-state index is 0.0698. The Morgan fingerprint density at radius 1 is 1.12 bits per heavy atom. The van der Waals surface area contributed by atoms with E-state index >= 15 is 0 Å². The van der Waals surface area contributed by atoms with Crippen LogP contribution in [0, 0.1) is 11.3 Å². The van der Waals surface area contributed by atoms with Gasteiger partial charge in [0.05, 0.1) is 5.70 Å². The second-order valence-corrected chi connectivity index (χ2v) is 12.9. The van der Waals surface area contributed by atoms with E-state index in [1.807, 2.05) is 24.3 Å². The molecule has 4 nitrogen and oxygen atoms in total. The highest BCUT2D eigenvalue weighted by atomic mass is 35.5. The fraction of sp³-hybridized carbons (Fsp3) is 0.676. The number of hydrogen-bond acceptors (Lipinski definition) is 5. The first kappa shape index (κ1) is 36.9. The average Bonchev–Trinajstić information content (AvgIpc) is 2.94. The van der Waals surface area contributed by atoms with Crippen LogP contribution in [0.1, 0.15) is 99.0 Å². The number of nitrogens with two attached hydrogens (primary N) is 1. The Kier molecular flexibility index (Phi) is 17.7. The van der Waals surface area contributed by atoms with E-state index in [-0.39, 0.29) is 11.0 Å². The van der Waals surface area contributed by atoms with Gasteiger partial charge in [-0.3, -0.25) is 9.89 Å². The highest BCUT2D eigenvalue weighted by Crippen LogP contribution is 2.45. The summed E-state index contributed by atoms with van der Waals surface area (Å²) < 4.78 is 0. The molecule has 0 fully saturated rings. The second kappa shape index (κ2) is 19.2. The van der Waals surface area contributed by atoms with Gasteiger partial charge < -0.3 is 11.1 Å². The normalized spacial score (nSPS) is 16.5. The van der Waals surface area contributed by atoms with Crippen LogP contribution in [0.15, 0.2) is 46.3 Å². The first-order valence-electron chi connectivity index (χ1n) is 15.4. The molecule has 0 aromatic heterocycles. The lowest BCUT2D eigenvalue weighted by Gasteiger charge is -2.49. The molecule has 0 heterocycles. The number of aliphatic imine (C=N–C) groups is 1. The molecule has 0 saturated heterocycles. The van der Waals surface area contributed by atoms with Crippen LogP contribution in [0.2, 0.25) is 5.02 Å². The zero-order chi connectivity index (χ0) is 30.2. The molecule has 1 rings (SSSR count). The Morgan fingerprint density at radius 2 is 1.80 bits per heavy atom. The van der Waals surface area contributed by atoms with Crippen LogP contribution < -0.4 is 11.1 Å². The minimum atomic E-state index is -0.0698. The summed E-state index contributed by atoms with van der Waals surface area (Å²) in [6.07, 6.45) is 14.7. The van der Waals surface area contributed by atoms with Crippen molar-refractivity contribution in [2.24, 2.45) is 22.1 Å². The Labute approximate surface area is 256 Å². The van der Waals surface area contributed by atoms with Crippen LogP contribution >= 0.6 is 23.4 Å². The number of hydrogen-bond donors (Lipinski definition) is 2. The molecule has 228 valence electrons. The predicted octanol–water partition coefficient (Wildman–Crippen LogP) is 9.06. The Bertz CT molecular complexity index is 924. The Morgan fingerprint density at radius 3 is 2.33 bits per heavy atom. The lowest BCUT2D eigenvalue weighted by molar-refractivity contribution is 0.0524. The van der Waals surface area contributed by atoms with Crippen LogP contribution in [-0.4, -0.2) is 55.6 Å². The number of thioether (sulfide) groups is 1. The van der Waals surface area contributed by atoms with Gasteiger partial charge in [0.2, 0.25) is 0 Å². The number of nitrogens with one attached hydrogen (secondary N) is 1. The van der Waals surface area contributed by atoms with Crippen molar-refractivity contribution >= 4 is 35.3 Å². The third-order valence-corrected chi connectivity index (χ3v) is 9.48. The number of nitrogens with zero attached hydrogens (tertiary/aromatic N) is 2. The number of unbranched alkanes of at least 4 members (excludes halogenated alkanes) is 1. The monoisotopic (exact) mass is 590 g/mol. The maximum absolute atomic E-state index is 6.13. The highest BCUT2D eigenvalue weighted by molar-refractivity contribution is 8.01. The van der Waals surface area contributed by atoms with E-state index in [1.165, 1.54) is 19.3 Å². The van der Waals surface area contributed by atoms with E-state index in [2.05, 4.69) is 89.7 Å². The van der Waals surface area contributed by atoms with E-state index in [4.69, 9.17) is 22.3 Å². The van der Waals surface area contributed by atoms with Crippen molar-refractivity contribution in [2.75, 3.05) is 32.9 Å². The molecule has 0 saturated carbocycles. The topological polar surface area (TPSA) is 53.6 Å². The van der Waals surface area contributed by atoms with Gasteiger partial charge in [0.1, 0.15) is 0 Å². The quantitative estimate of drug-likeness (QED) is 0.117. The minimum Gasteiger partial charge on any atom is -0.329 e. The van der Waals surface area contributed by atoms with Crippen LogP contribution in [0.3, 0.4) is 0 Å². The third kappa shape index (κ3) is 10.9. The number of benzene rings is 1. The summed E-state index contributed by atoms with van der Waals surface area (Å²) in [5.74, 6) is 0.557. The maximum Gasteiger partial charge on any atom is 0.0761 e. The summed E-state index contributed by atoms with van der Waals surface area (Å²) in [5, 5.41) is 6.65. The molecule has 1 aromatic rings. The van der Waals surface area contributed by atoms with Crippen molar-refractivity contribution in [3.63, 3.8) is 0 Å². The summed E-state index contributed by atoms with van der Waals surface area (Å²) in [5.41, 5.74) is 9.70. The van der Waals surface area contributed by atoms with Gasteiger partial charge >= 0.3 is 0 Å². The Balaban J connectivity index is 3.36. The predicted molar refractivity (Wildman–Crippen MR) is 184 cm³/mol. The lowest BCUT2D eigenvalue weighted by Crippen LogP contribution is -2.60. The van der Waals surface area contributed by atoms with Gasteiger partial charge in [0.25, 0.3) is 0 Å². The van der Waals surface area contributed by atoms with Crippen molar-refractivity contribution in [1.29, 1.82) is 0 Å². The summed E-state index contributed by atoms with van der Waals surface area (Å²) in [7, 11) is 2.26. The number of rotatable bonds is 20. The molecule has 0 unspecified atom stereocenters. The first-order chi connectivity index (χ1) is 19.0. The van der Waals surface area contributed by atoms with Crippen LogP contribution in [-0.2, 0) is 0 Å². The molecule has 40 heavy (non-hydrogen) atoms. The SMILES string of the molecule is CC/C=C(\CCCC)C(C)(C)[C@@H](CC)C[C@](C)([C@H](CC)NCCN)N(C)CC=N/C(=C\SC)c1ccc(Cl)cc1. The molecule has 0 amide bonds. The molecule has 0 aliphatic rings. The largest absolute Gasteiger partial charge is 0.329 e. The highest BCUT2D eigenvalue weighted by Gasteiger charge is 2.42. The number of halogens is 1. The van der Waals surface area contributed by atoms with Gasteiger partial charge in [-0.05, 0) is 81.2 Å². The van der Waals surface area contributed by atoms with E-state index < -0.39 is 0 Å². The van der Waals surface area contributed by atoms with Gasteiger partial charge in [0.15, 0.2) is 0 Å². The average molecular weight is 591 g/mol. The van der Waals surface area contributed by atoms with Gasteiger partial charge in [-0.15, -0.1) is 11.8 Å². The molecular weight excluding hydrogens is 532 g/mol. The zero-order valence-electron chi connectivity index (χ0n) is 27.0. The van der Waals surface area contributed by atoms with E-state index in [9.17, 15) is 0 Å². The van der Waals surface area contributed by atoms with Gasteiger partial charge in [-0.1, -0.05) is 89.8 Å². The summed E-state index contributed by atoms with van der Waals surface area (Å²) in [4.78, 5) is 7.44. The molecule has 1 aromatic carbocycles. The number of allylic oxidation sites excluding steroid dienone is 2. The van der Waals surface area contributed by atoms with Crippen molar-refractivity contribution in [3.05, 3.63) is 51.9 Å². The fourth-order valence-electron chi connectivity index (χ4n) is 5.97. The molecule has 0 aliphatic carbocycles. The van der Waals surface area contributed by atoms with Crippen molar-refractivity contribution in [2.45, 2.75) is 105 Å². The van der Waals surface area contributed by atoms with Crippen molar-refractivity contribution < 1.29 is 0 Å². The smallest absolute Gasteiger partial charge is 0.0761 e.